The van der Waals surface area contributed by atoms with Crippen molar-refractivity contribution in [1.82, 2.24) is 14.9 Å². The second kappa shape index (κ2) is 6.50. The molecule has 2 atom stereocenters. The molecular weight excluding hydrogens is 252 g/mol. The van der Waals surface area contributed by atoms with Gasteiger partial charge >= 0.3 is 0 Å². The van der Waals surface area contributed by atoms with Crippen molar-refractivity contribution in [3.8, 4) is 0 Å². The Morgan fingerprint density at radius 3 is 2.75 bits per heavy atom. The Balaban J connectivity index is 2.07. The van der Waals surface area contributed by atoms with Crippen LogP contribution in [0, 0.1) is 6.92 Å². The number of aliphatic hydroxyl groups is 1. The zero-order valence-corrected chi connectivity index (χ0v) is 13.0. The molecule has 0 radical (unpaired) electrons. The fraction of sp³-hybridized carbons (Fsp3) is 0.733. The third-order valence-corrected chi connectivity index (χ3v) is 3.80. The first-order valence-electron chi connectivity index (χ1n) is 7.51. The highest BCUT2D eigenvalue weighted by molar-refractivity contribution is 5.33. The zero-order chi connectivity index (χ0) is 14.7. The van der Waals surface area contributed by atoms with E-state index in [1.165, 1.54) is 0 Å². The third-order valence-electron chi connectivity index (χ3n) is 3.80. The largest absolute Gasteiger partial charge is 0.392 e. The summed E-state index contributed by atoms with van der Waals surface area (Å²) in [7, 11) is 0. The van der Waals surface area contributed by atoms with Gasteiger partial charge in [0.25, 0.3) is 0 Å². The second-order valence-electron chi connectivity index (χ2n) is 5.79. The van der Waals surface area contributed by atoms with Crippen LogP contribution in [0.4, 0.5) is 5.95 Å². The number of hydrogen-bond acceptors (Lipinski definition) is 5. The zero-order valence-electron chi connectivity index (χ0n) is 13.0. The molecule has 1 aromatic rings. The maximum Gasteiger partial charge on any atom is 0.225 e. The predicted octanol–water partition coefficient (Wildman–Crippen LogP) is 1.24. The Kier molecular flexibility index (Phi) is 4.94. The van der Waals surface area contributed by atoms with Gasteiger partial charge in [-0.3, -0.25) is 4.90 Å². The molecule has 1 saturated heterocycles. The van der Waals surface area contributed by atoms with Gasteiger partial charge in [-0.05, 0) is 33.3 Å². The molecule has 5 heteroatoms. The lowest BCUT2D eigenvalue weighted by atomic mass is 10.2. The van der Waals surface area contributed by atoms with E-state index in [4.69, 9.17) is 0 Å². The Bertz CT molecular complexity index is 449. The lowest BCUT2D eigenvalue weighted by Crippen LogP contribution is -2.54. The summed E-state index contributed by atoms with van der Waals surface area (Å²) in [6.45, 7) is 11.7. The van der Waals surface area contributed by atoms with Crippen molar-refractivity contribution in [3.05, 3.63) is 17.5 Å². The summed E-state index contributed by atoms with van der Waals surface area (Å²) in [6.07, 6.45) is 0.666. The van der Waals surface area contributed by atoms with E-state index < -0.39 is 0 Å². The molecule has 20 heavy (non-hydrogen) atoms. The molecule has 0 bridgehead atoms. The highest BCUT2D eigenvalue weighted by atomic mass is 16.3. The van der Waals surface area contributed by atoms with Crippen molar-refractivity contribution in [3.63, 3.8) is 0 Å². The predicted molar refractivity (Wildman–Crippen MR) is 81.1 cm³/mol. The topological polar surface area (TPSA) is 52.5 Å². The molecule has 0 spiro atoms. The van der Waals surface area contributed by atoms with Crippen LogP contribution in [0.5, 0.6) is 0 Å². The van der Waals surface area contributed by atoms with Crippen LogP contribution in [-0.4, -0.2) is 58.3 Å². The van der Waals surface area contributed by atoms with E-state index >= 15 is 0 Å². The smallest absolute Gasteiger partial charge is 0.225 e. The van der Waals surface area contributed by atoms with Gasteiger partial charge in [-0.15, -0.1) is 0 Å². The molecular formula is C15H26N4O. The number of nitrogens with zero attached hydrogens (tertiary/aromatic N) is 4. The van der Waals surface area contributed by atoms with E-state index in [0.29, 0.717) is 6.04 Å². The number of hydrogen-bond donors (Lipinski definition) is 1. The summed E-state index contributed by atoms with van der Waals surface area (Å²) in [5.41, 5.74) is 2.14. The third kappa shape index (κ3) is 3.67. The highest BCUT2D eigenvalue weighted by Gasteiger charge is 2.26. The van der Waals surface area contributed by atoms with Crippen LogP contribution in [0.3, 0.4) is 0 Å². The van der Waals surface area contributed by atoms with E-state index in [1.807, 2.05) is 13.8 Å². The fourth-order valence-corrected chi connectivity index (χ4v) is 2.73. The fourth-order valence-electron chi connectivity index (χ4n) is 2.73. The van der Waals surface area contributed by atoms with Crippen LogP contribution in [-0.2, 0) is 6.42 Å². The van der Waals surface area contributed by atoms with Gasteiger partial charge in [0, 0.05) is 43.6 Å². The van der Waals surface area contributed by atoms with Gasteiger partial charge in [0.05, 0.1) is 6.10 Å². The first kappa shape index (κ1) is 15.2. The molecule has 0 saturated carbocycles. The van der Waals surface area contributed by atoms with Gasteiger partial charge in [-0.25, -0.2) is 9.97 Å². The summed E-state index contributed by atoms with van der Waals surface area (Å²) in [5, 5.41) is 9.53. The van der Waals surface area contributed by atoms with Gasteiger partial charge < -0.3 is 10.0 Å². The van der Waals surface area contributed by atoms with Crippen LogP contribution in [0.15, 0.2) is 6.07 Å². The average Bonchev–Trinajstić information content (AvgIpc) is 2.39. The van der Waals surface area contributed by atoms with Crippen LogP contribution >= 0.6 is 0 Å². The standard InChI is InChI=1S/C15H26N4O/c1-5-14-8-11(2)16-15(17-14)19-7-6-18(10-13(4)20)12(3)9-19/h8,12-13,20H,5-7,9-10H2,1-4H3/t12-,13-/m1/s1. The molecule has 112 valence electrons. The van der Waals surface area contributed by atoms with Crippen molar-refractivity contribution in [2.45, 2.75) is 46.3 Å². The molecule has 2 rings (SSSR count). The Labute approximate surface area is 121 Å². The minimum Gasteiger partial charge on any atom is -0.392 e. The van der Waals surface area contributed by atoms with Crippen LogP contribution in [0.25, 0.3) is 0 Å². The molecule has 1 N–H and O–H groups in total. The molecule has 5 nitrogen and oxygen atoms in total. The summed E-state index contributed by atoms with van der Waals surface area (Å²) in [6, 6.07) is 2.46. The molecule has 0 aliphatic carbocycles. The molecule has 0 amide bonds. The van der Waals surface area contributed by atoms with Gasteiger partial charge in [-0.1, -0.05) is 6.92 Å². The van der Waals surface area contributed by atoms with Crippen LogP contribution in [0.1, 0.15) is 32.2 Å². The van der Waals surface area contributed by atoms with Crippen LogP contribution in [0.2, 0.25) is 0 Å². The first-order chi connectivity index (χ1) is 9.49. The van der Waals surface area contributed by atoms with Crippen molar-refractivity contribution in [2.75, 3.05) is 31.1 Å². The van der Waals surface area contributed by atoms with Gasteiger partial charge in [0.15, 0.2) is 0 Å². The minimum atomic E-state index is -0.272. The molecule has 1 aliphatic heterocycles. The lowest BCUT2D eigenvalue weighted by molar-refractivity contribution is 0.0957. The summed E-state index contributed by atoms with van der Waals surface area (Å²) in [4.78, 5) is 13.8. The summed E-state index contributed by atoms with van der Waals surface area (Å²) >= 11 is 0. The number of rotatable bonds is 4. The summed E-state index contributed by atoms with van der Waals surface area (Å²) in [5.74, 6) is 0.852. The van der Waals surface area contributed by atoms with E-state index in [9.17, 15) is 5.11 Å². The second-order valence-corrected chi connectivity index (χ2v) is 5.79. The van der Waals surface area contributed by atoms with E-state index in [1.54, 1.807) is 0 Å². The van der Waals surface area contributed by atoms with Crippen molar-refractivity contribution < 1.29 is 5.11 Å². The van der Waals surface area contributed by atoms with Crippen molar-refractivity contribution in [2.24, 2.45) is 0 Å². The number of aryl methyl sites for hydroxylation is 2. The molecule has 1 aliphatic rings. The lowest BCUT2D eigenvalue weighted by Gasteiger charge is -2.40. The SMILES string of the molecule is CCc1cc(C)nc(N2CCN(C[C@@H](C)O)[C@H](C)C2)n1. The molecule has 1 fully saturated rings. The maximum atomic E-state index is 9.53. The molecule has 2 heterocycles. The van der Waals surface area contributed by atoms with Crippen LogP contribution < -0.4 is 4.90 Å². The quantitative estimate of drug-likeness (QED) is 0.898. The Hall–Kier alpha value is -1.20. The molecule has 0 unspecified atom stereocenters. The number of piperazine rings is 1. The molecule has 1 aromatic heterocycles. The van der Waals surface area contributed by atoms with E-state index in [-0.39, 0.29) is 6.10 Å². The average molecular weight is 278 g/mol. The number of anilines is 1. The monoisotopic (exact) mass is 278 g/mol. The Morgan fingerprint density at radius 1 is 1.40 bits per heavy atom. The van der Waals surface area contributed by atoms with E-state index in [2.05, 4.69) is 39.7 Å². The van der Waals surface area contributed by atoms with Crippen molar-refractivity contribution in [1.29, 1.82) is 0 Å². The van der Waals surface area contributed by atoms with Gasteiger partial charge in [-0.2, -0.15) is 0 Å². The van der Waals surface area contributed by atoms with Gasteiger partial charge in [0.2, 0.25) is 5.95 Å². The number of aliphatic hydroxyl groups excluding tert-OH is 1. The minimum absolute atomic E-state index is 0.272. The molecule has 0 aromatic carbocycles. The number of aromatic nitrogens is 2. The van der Waals surface area contributed by atoms with E-state index in [0.717, 1.165) is 49.9 Å². The summed E-state index contributed by atoms with van der Waals surface area (Å²) < 4.78 is 0. The Morgan fingerprint density at radius 2 is 2.15 bits per heavy atom. The highest BCUT2D eigenvalue weighted by Crippen LogP contribution is 2.17. The van der Waals surface area contributed by atoms with Gasteiger partial charge in [0.1, 0.15) is 0 Å². The van der Waals surface area contributed by atoms with Crippen molar-refractivity contribution >= 4 is 5.95 Å². The maximum absolute atomic E-state index is 9.53. The first-order valence-corrected chi connectivity index (χ1v) is 7.51. The number of β-amino-alcohol motifs (C(OH)–C–C–N with tert-alkyl or cyclic N) is 1. The normalized spacial score (nSPS) is 22.1.